The zero-order valence-electron chi connectivity index (χ0n) is 12.5. The van der Waals surface area contributed by atoms with E-state index in [2.05, 4.69) is 5.01 Å². The minimum Gasteiger partial charge on any atom is -0.379 e. The smallest absolute Gasteiger partial charge is 0.268 e. The van der Waals surface area contributed by atoms with Crippen molar-refractivity contribution in [3.8, 4) is 0 Å². The lowest BCUT2D eigenvalue weighted by Gasteiger charge is -2.37. The number of hydrazine groups is 1. The Balaban J connectivity index is 1.83. The van der Waals surface area contributed by atoms with E-state index >= 15 is 0 Å². The van der Waals surface area contributed by atoms with Gasteiger partial charge in [0.2, 0.25) is 0 Å². The second-order valence-electron chi connectivity index (χ2n) is 5.28. The molecule has 0 unspecified atom stereocenters. The summed E-state index contributed by atoms with van der Waals surface area (Å²) in [6, 6.07) is 19.5. The van der Waals surface area contributed by atoms with Crippen molar-refractivity contribution in [3.05, 3.63) is 71.8 Å². The second kappa shape index (κ2) is 7.20. The fourth-order valence-corrected chi connectivity index (χ4v) is 2.58. The van der Waals surface area contributed by atoms with Gasteiger partial charge in [-0.15, -0.1) is 0 Å². The van der Waals surface area contributed by atoms with Crippen LogP contribution in [0.5, 0.6) is 0 Å². The molecule has 0 bridgehead atoms. The summed E-state index contributed by atoms with van der Waals surface area (Å²) in [5.74, 6) is 0.0337. The molecule has 4 heteroatoms. The van der Waals surface area contributed by atoms with E-state index in [0.29, 0.717) is 25.3 Å². The van der Waals surface area contributed by atoms with Crippen LogP contribution in [0.2, 0.25) is 0 Å². The first-order valence-corrected chi connectivity index (χ1v) is 7.58. The number of hydrogen-bond acceptors (Lipinski definition) is 3. The van der Waals surface area contributed by atoms with Crippen LogP contribution in [-0.2, 0) is 11.3 Å². The molecule has 1 aliphatic rings. The average Bonchev–Trinajstić information content (AvgIpc) is 2.61. The van der Waals surface area contributed by atoms with E-state index in [1.807, 2.05) is 65.7 Å². The van der Waals surface area contributed by atoms with Crippen LogP contribution < -0.4 is 0 Å². The predicted molar refractivity (Wildman–Crippen MR) is 85.1 cm³/mol. The molecule has 0 aromatic heterocycles. The molecule has 22 heavy (non-hydrogen) atoms. The third kappa shape index (κ3) is 3.53. The first kappa shape index (κ1) is 14.8. The maximum atomic E-state index is 12.9. The summed E-state index contributed by atoms with van der Waals surface area (Å²) < 4.78 is 5.41. The molecule has 3 rings (SSSR count). The van der Waals surface area contributed by atoms with Gasteiger partial charge >= 0.3 is 0 Å². The lowest BCUT2D eigenvalue weighted by Crippen LogP contribution is -2.51. The third-order valence-corrected chi connectivity index (χ3v) is 3.76. The van der Waals surface area contributed by atoms with Gasteiger partial charge in [-0.25, -0.2) is 5.01 Å². The van der Waals surface area contributed by atoms with Crippen molar-refractivity contribution in [2.24, 2.45) is 0 Å². The summed E-state index contributed by atoms with van der Waals surface area (Å²) in [7, 11) is 0. The summed E-state index contributed by atoms with van der Waals surface area (Å²) in [6.07, 6.45) is 0. The van der Waals surface area contributed by atoms with Gasteiger partial charge in [-0.2, -0.15) is 0 Å². The molecule has 0 radical (unpaired) electrons. The molecule has 0 N–H and O–H groups in total. The van der Waals surface area contributed by atoms with Crippen LogP contribution in [0.3, 0.4) is 0 Å². The Hall–Kier alpha value is -2.17. The lowest BCUT2D eigenvalue weighted by molar-refractivity contribution is -0.0739. The molecule has 4 nitrogen and oxygen atoms in total. The molecule has 1 aliphatic heterocycles. The number of benzene rings is 2. The van der Waals surface area contributed by atoms with Crippen molar-refractivity contribution < 1.29 is 9.53 Å². The number of carbonyl (C=O) groups excluding carboxylic acids is 1. The van der Waals surface area contributed by atoms with Crippen molar-refractivity contribution in [1.82, 2.24) is 10.0 Å². The Kier molecular flexibility index (Phi) is 4.83. The molecule has 0 saturated carbocycles. The van der Waals surface area contributed by atoms with E-state index in [9.17, 15) is 4.79 Å². The van der Waals surface area contributed by atoms with Crippen molar-refractivity contribution >= 4 is 5.91 Å². The molecule has 1 fully saturated rings. The van der Waals surface area contributed by atoms with Crippen LogP contribution in [0, 0.1) is 0 Å². The highest BCUT2D eigenvalue weighted by Gasteiger charge is 2.24. The molecule has 114 valence electrons. The van der Waals surface area contributed by atoms with Crippen LogP contribution in [0.25, 0.3) is 0 Å². The normalized spacial score (nSPS) is 15.5. The quantitative estimate of drug-likeness (QED) is 0.869. The topological polar surface area (TPSA) is 32.8 Å². The third-order valence-electron chi connectivity index (χ3n) is 3.76. The first-order valence-electron chi connectivity index (χ1n) is 7.58. The minimum atomic E-state index is 0.0337. The zero-order chi connectivity index (χ0) is 15.2. The van der Waals surface area contributed by atoms with E-state index in [4.69, 9.17) is 4.74 Å². The number of ether oxygens (including phenoxy) is 1. The molecular weight excluding hydrogens is 276 g/mol. The van der Waals surface area contributed by atoms with Gasteiger partial charge in [0.15, 0.2) is 0 Å². The van der Waals surface area contributed by atoms with Gasteiger partial charge in [-0.1, -0.05) is 48.5 Å². The van der Waals surface area contributed by atoms with Crippen LogP contribution in [-0.4, -0.2) is 42.2 Å². The number of amides is 1. The Morgan fingerprint density at radius 1 is 0.955 bits per heavy atom. The predicted octanol–water partition coefficient (Wildman–Crippen LogP) is 2.58. The van der Waals surface area contributed by atoms with Crippen molar-refractivity contribution in [3.63, 3.8) is 0 Å². The average molecular weight is 296 g/mol. The van der Waals surface area contributed by atoms with Gasteiger partial charge in [0, 0.05) is 18.7 Å². The largest absolute Gasteiger partial charge is 0.379 e. The van der Waals surface area contributed by atoms with E-state index in [1.165, 1.54) is 0 Å². The monoisotopic (exact) mass is 296 g/mol. The number of nitrogens with zero attached hydrogens (tertiary/aromatic N) is 2. The van der Waals surface area contributed by atoms with Gasteiger partial charge in [-0.3, -0.25) is 9.80 Å². The standard InChI is InChI=1S/C18H20N2O2/c21-18(17-9-5-2-6-10-17)20(19-11-13-22-14-12-19)15-16-7-3-1-4-8-16/h1-10H,11-15H2. The van der Waals surface area contributed by atoms with E-state index in [1.54, 1.807) is 0 Å². The minimum absolute atomic E-state index is 0.0337. The summed E-state index contributed by atoms with van der Waals surface area (Å²) in [5.41, 5.74) is 1.84. The molecule has 0 spiro atoms. The van der Waals surface area contributed by atoms with Crippen LogP contribution >= 0.6 is 0 Å². The fourth-order valence-electron chi connectivity index (χ4n) is 2.58. The molecule has 2 aromatic rings. The fraction of sp³-hybridized carbons (Fsp3) is 0.278. The van der Waals surface area contributed by atoms with Crippen molar-refractivity contribution in [2.75, 3.05) is 26.3 Å². The lowest BCUT2D eigenvalue weighted by atomic mass is 10.2. The maximum absolute atomic E-state index is 12.9. The van der Waals surface area contributed by atoms with E-state index < -0.39 is 0 Å². The van der Waals surface area contributed by atoms with Gasteiger partial charge in [0.1, 0.15) is 0 Å². The molecule has 1 saturated heterocycles. The Bertz CT molecular complexity index is 595. The molecule has 1 heterocycles. The van der Waals surface area contributed by atoms with Crippen LogP contribution in [0.1, 0.15) is 15.9 Å². The number of rotatable bonds is 4. The van der Waals surface area contributed by atoms with Gasteiger partial charge in [0.25, 0.3) is 5.91 Å². The van der Waals surface area contributed by atoms with Crippen molar-refractivity contribution in [1.29, 1.82) is 0 Å². The van der Waals surface area contributed by atoms with Gasteiger partial charge in [-0.05, 0) is 17.7 Å². The zero-order valence-corrected chi connectivity index (χ0v) is 12.5. The summed E-state index contributed by atoms with van der Waals surface area (Å²) in [4.78, 5) is 12.9. The second-order valence-corrected chi connectivity index (χ2v) is 5.28. The Morgan fingerprint density at radius 3 is 2.18 bits per heavy atom. The number of morpholine rings is 1. The van der Waals surface area contributed by atoms with E-state index in [0.717, 1.165) is 18.7 Å². The number of carbonyl (C=O) groups is 1. The summed E-state index contributed by atoms with van der Waals surface area (Å²) in [5, 5.41) is 3.93. The summed E-state index contributed by atoms with van der Waals surface area (Å²) >= 11 is 0. The Morgan fingerprint density at radius 2 is 1.55 bits per heavy atom. The molecule has 0 aliphatic carbocycles. The van der Waals surface area contributed by atoms with Gasteiger partial charge in [0.05, 0.1) is 19.8 Å². The SMILES string of the molecule is O=C(c1ccccc1)N(Cc1ccccc1)N1CCOCC1. The molecule has 2 aromatic carbocycles. The van der Waals surface area contributed by atoms with E-state index in [-0.39, 0.29) is 5.91 Å². The number of hydrogen-bond donors (Lipinski definition) is 0. The highest BCUT2D eigenvalue weighted by atomic mass is 16.5. The highest BCUT2D eigenvalue weighted by Crippen LogP contribution is 2.14. The molecule has 1 amide bonds. The Labute approximate surface area is 130 Å². The maximum Gasteiger partial charge on any atom is 0.268 e. The first-order chi connectivity index (χ1) is 10.8. The molecular formula is C18H20N2O2. The van der Waals surface area contributed by atoms with Crippen molar-refractivity contribution in [2.45, 2.75) is 6.54 Å². The highest BCUT2D eigenvalue weighted by molar-refractivity contribution is 5.93. The summed E-state index contributed by atoms with van der Waals surface area (Å²) in [6.45, 7) is 3.38. The van der Waals surface area contributed by atoms with Gasteiger partial charge < -0.3 is 4.74 Å². The van der Waals surface area contributed by atoms with Crippen LogP contribution in [0.4, 0.5) is 0 Å². The molecule has 0 atom stereocenters. The van der Waals surface area contributed by atoms with Crippen LogP contribution in [0.15, 0.2) is 60.7 Å².